The minimum atomic E-state index is -3.73. The molecule has 0 unspecified atom stereocenters. The number of nitrogens with one attached hydrogen (secondary N) is 3. The number of sulfonamides is 1. The van der Waals surface area contributed by atoms with Crippen molar-refractivity contribution in [3.8, 4) is 0 Å². The second kappa shape index (κ2) is 10.7. The van der Waals surface area contributed by atoms with E-state index in [9.17, 15) is 13.2 Å². The van der Waals surface area contributed by atoms with Crippen LogP contribution in [0.4, 0.5) is 0 Å². The highest BCUT2D eigenvalue weighted by atomic mass is 32.2. The normalized spacial score (nSPS) is 18.7. The molecule has 3 rings (SSSR count). The zero-order chi connectivity index (χ0) is 22.3. The van der Waals surface area contributed by atoms with E-state index in [2.05, 4.69) is 22.3 Å². The number of amides is 1. The molecule has 31 heavy (non-hydrogen) atoms. The molecule has 0 spiro atoms. The van der Waals surface area contributed by atoms with Crippen molar-refractivity contribution >= 4 is 33.3 Å². The maximum Gasteiger partial charge on any atom is 0.263 e. The van der Waals surface area contributed by atoms with Crippen LogP contribution in [0.1, 0.15) is 48.5 Å². The highest BCUT2D eigenvalue weighted by Crippen LogP contribution is 2.23. The van der Waals surface area contributed by atoms with E-state index in [1.165, 1.54) is 0 Å². The minimum Gasteiger partial charge on any atom is -0.359 e. The van der Waals surface area contributed by atoms with E-state index in [1.807, 2.05) is 18.2 Å². The predicted molar refractivity (Wildman–Crippen MR) is 126 cm³/mol. The van der Waals surface area contributed by atoms with Crippen molar-refractivity contribution in [1.29, 1.82) is 0 Å². The number of hydrogen-bond donors (Lipinski definition) is 3. The Labute approximate surface area is 189 Å². The number of thiocarbonyl (C=S) groups is 1. The molecule has 8 heteroatoms. The zero-order valence-corrected chi connectivity index (χ0v) is 19.3. The van der Waals surface area contributed by atoms with Crippen LogP contribution in [0.25, 0.3) is 0 Å². The van der Waals surface area contributed by atoms with Gasteiger partial charge in [0.05, 0.1) is 4.90 Å². The molecule has 166 valence electrons. The van der Waals surface area contributed by atoms with E-state index in [4.69, 9.17) is 12.2 Å². The average Bonchev–Trinajstić information content (AvgIpc) is 2.76. The summed E-state index contributed by atoms with van der Waals surface area (Å²) in [5, 5.41) is 6.14. The van der Waals surface area contributed by atoms with Crippen molar-refractivity contribution in [2.75, 3.05) is 6.54 Å². The van der Waals surface area contributed by atoms with Gasteiger partial charge in [0.15, 0.2) is 5.11 Å². The summed E-state index contributed by atoms with van der Waals surface area (Å²) in [5.74, 6) is 0.589. The monoisotopic (exact) mass is 459 g/mol. The number of hydrogen-bond acceptors (Lipinski definition) is 4. The van der Waals surface area contributed by atoms with Gasteiger partial charge in [0, 0.05) is 18.2 Å². The fourth-order valence-electron chi connectivity index (χ4n) is 3.65. The van der Waals surface area contributed by atoms with Crippen LogP contribution in [0.2, 0.25) is 0 Å². The lowest BCUT2D eigenvalue weighted by molar-refractivity contribution is 0.0954. The molecule has 2 aromatic carbocycles. The maximum absolute atomic E-state index is 12.6. The number of rotatable bonds is 7. The zero-order valence-electron chi connectivity index (χ0n) is 17.6. The summed E-state index contributed by atoms with van der Waals surface area (Å²) in [7, 11) is -3.73. The van der Waals surface area contributed by atoms with Crippen LogP contribution in [0.5, 0.6) is 0 Å². The molecule has 1 aliphatic rings. The molecular formula is C23H29N3O3S2. The molecule has 0 heterocycles. The molecule has 0 bridgehead atoms. The van der Waals surface area contributed by atoms with Crippen molar-refractivity contribution in [1.82, 2.24) is 15.4 Å². The maximum atomic E-state index is 12.6. The average molecular weight is 460 g/mol. The smallest absolute Gasteiger partial charge is 0.263 e. The summed E-state index contributed by atoms with van der Waals surface area (Å²) in [4.78, 5) is 12.2. The fraction of sp³-hybridized carbons (Fsp3) is 0.391. The van der Waals surface area contributed by atoms with Gasteiger partial charge in [-0.2, -0.15) is 0 Å². The number of carbonyl (C=O) groups excluding carboxylic acids is 1. The first-order valence-electron chi connectivity index (χ1n) is 10.6. The Morgan fingerprint density at radius 2 is 1.65 bits per heavy atom. The van der Waals surface area contributed by atoms with Gasteiger partial charge in [-0.05, 0) is 80.1 Å². The van der Waals surface area contributed by atoms with Crippen LogP contribution < -0.4 is 15.4 Å². The molecular weight excluding hydrogens is 430 g/mol. The SMILES string of the molecule is CC1CCC(NC(=S)NS(=O)(=O)c2ccc(CCNC(=O)c3ccccc3)cc2)CC1. The van der Waals surface area contributed by atoms with E-state index >= 15 is 0 Å². The number of carbonyl (C=O) groups is 1. The van der Waals surface area contributed by atoms with E-state index in [0.29, 0.717) is 24.4 Å². The van der Waals surface area contributed by atoms with Crippen LogP contribution in [0.3, 0.4) is 0 Å². The largest absolute Gasteiger partial charge is 0.359 e. The van der Waals surface area contributed by atoms with Crippen molar-refractivity contribution in [2.45, 2.75) is 50.0 Å². The highest BCUT2D eigenvalue weighted by molar-refractivity contribution is 7.91. The lowest BCUT2D eigenvalue weighted by Gasteiger charge is -2.27. The summed E-state index contributed by atoms with van der Waals surface area (Å²) >= 11 is 5.22. The molecule has 0 radical (unpaired) electrons. The Kier molecular flexibility index (Phi) is 8.03. The first-order valence-corrected chi connectivity index (χ1v) is 12.5. The predicted octanol–water partition coefficient (Wildman–Crippen LogP) is 3.39. The Morgan fingerprint density at radius 3 is 2.29 bits per heavy atom. The second-order valence-electron chi connectivity index (χ2n) is 8.05. The molecule has 2 aromatic rings. The lowest BCUT2D eigenvalue weighted by Crippen LogP contribution is -2.45. The van der Waals surface area contributed by atoms with Gasteiger partial charge in [-0.25, -0.2) is 8.42 Å². The van der Waals surface area contributed by atoms with Gasteiger partial charge >= 0.3 is 0 Å². The van der Waals surface area contributed by atoms with Gasteiger partial charge < -0.3 is 10.6 Å². The lowest BCUT2D eigenvalue weighted by atomic mass is 9.87. The third-order valence-electron chi connectivity index (χ3n) is 5.55. The molecule has 0 aromatic heterocycles. The molecule has 1 aliphatic carbocycles. The Bertz CT molecular complexity index is 984. The van der Waals surface area contributed by atoms with Crippen LogP contribution >= 0.6 is 12.2 Å². The van der Waals surface area contributed by atoms with Crippen LogP contribution in [0, 0.1) is 5.92 Å². The van der Waals surface area contributed by atoms with E-state index in [-0.39, 0.29) is 22.0 Å². The van der Waals surface area contributed by atoms with Crippen molar-refractivity contribution < 1.29 is 13.2 Å². The second-order valence-corrected chi connectivity index (χ2v) is 10.1. The van der Waals surface area contributed by atoms with Gasteiger partial charge in [-0.1, -0.05) is 37.3 Å². The topological polar surface area (TPSA) is 87.3 Å². The van der Waals surface area contributed by atoms with Gasteiger partial charge in [0.1, 0.15) is 0 Å². The summed E-state index contributed by atoms with van der Waals surface area (Å²) in [6, 6.07) is 15.9. The van der Waals surface area contributed by atoms with E-state index < -0.39 is 10.0 Å². The number of benzene rings is 2. The third-order valence-corrected chi connectivity index (χ3v) is 7.26. The minimum absolute atomic E-state index is 0.127. The van der Waals surface area contributed by atoms with Gasteiger partial charge in [0.25, 0.3) is 15.9 Å². The van der Waals surface area contributed by atoms with Crippen LogP contribution in [0.15, 0.2) is 59.5 Å². The van der Waals surface area contributed by atoms with Crippen LogP contribution in [-0.2, 0) is 16.4 Å². The van der Waals surface area contributed by atoms with Crippen molar-refractivity contribution in [2.24, 2.45) is 5.92 Å². The summed E-state index contributed by atoms with van der Waals surface area (Å²) in [6.07, 6.45) is 4.85. The molecule has 0 atom stereocenters. The summed E-state index contributed by atoms with van der Waals surface area (Å²) < 4.78 is 27.7. The van der Waals surface area contributed by atoms with E-state index in [1.54, 1.807) is 36.4 Å². The first kappa shape index (κ1) is 23.2. The van der Waals surface area contributed by atoms with Gasteiger partial charge in [0.2, 0.25) is 0 Å². The standard InChI is InChI=1S/C23H29N3O3S2/c1-17-7-11-20(12-8-17)25-23(30)26-31(28,29)21-13-9-18(10-14-21)15-16-24-22(27)19-5-3-2-4-6-19/h2-6,9-10,13-14,17,20H,7-8,11-12,15-16H2,1H3,(H,24,27)(H2,25,26,30). The van der Waals surface area contributed by atoms with Crippen LogP contribution in [-0.4, -0.2) is 32.0 Å². The van der Waals surface area contributed by atoms with Gasteiger partial charge in [-0.3, -0.25) is 9.52 Å². The van der Waals surface area contributed by atoms with Gasteiger partial charge in [-0.15, -0.1) is 0 Å². The molecule has 1 amide bonds. The highest BCUT2D eigenvalue weighted by Gasteiger charge is 2.21. The molecule has 3 N–H and O–H groups in total. The fourth-order valence-corrected chi connectivity index (χ4v) is 5.06. The molecule has 1 fully saturated rings. The van der Waals surface area contributed by atoms with E-state index in [0.717, 1.165) is 31.2 Å². The summed E-state index contributed by atoms with van der Waals surface area (Å²) in [5.41, 5.74) is 1.55. The summed E-state index contributed by atoms with van der Waals surface area (Å²) in [6.45, 7) is 2.70. The third kappa shape index (κ3) is 7.04. The molecule has 6 nitrogen and oxygen atoms in total. The molecule has 1 saturated carbocycles. The van der Waals surface area contributed by atoms with Crippen molar-refractivity contribution in [3.63, 3.8) is 0 Å². The van der Waals surface area contributed by atoms with Crippen molar-refractivity contribution in [3.05, 3.63) is 65.7 Å². The quantitative estimate of drug-likeness (QED) is 0.553. The Balaban J connectivity index is 1.47. The Hall–Kier alpha value is -2.45. The molecule has 0 saturated heterocycles. The molecule has 0 aliphatic heterocycles. The Morgan fingerprint density at radius 1 is 1.00 bits per heavy atom. The first-order chi connectivity index (χ1) is 14.8.